The van der Waals surface area contributed by atoms with Crippen molar-refractivity contribution < 1.29 is 5.11 Å². The van der Waals surface area contributed by atoms with Crippen LogP contribution < -0.4 is 0 Å². The highest BCUT2D eigenvalue weighted by Gasteiger charge is 2.33. The Labute approximate surface area is 119 Å². The third-order valence-electron chi connectivity index (χ3n) is 5.60. The van der Waals surface area contributed by atoms with Gasteiger partial charge in [0.05, 0.1) is 6.10 Å². The van der Waals surface area contributed by atoms with Crippen LogP contribution in [0, 0.1) is 5.41 Å². The number of likely N-dealkylation sites (N-methyl/N-ethyl adjacent to an activating group) is 1. The zero-order valence-corrected chi connectivity index (χ0v) is 13.2. The second-order valence-corrected chi connectivity index (χ2v) is 7.69. The summed E-state index contributed by atoms with van der Waals surface area (Å²) in [7, 11) is 2.26. The Morgan fingerprint density at radius 1 is 0.895 bits per heavy atom. The summed E-state index contributed by atoms with van der Waals surface area (Å²) < 4.78 is 0. The van der Waals surface area contributed by atoms with Crippen LogP contribution in [0.15, 0.2) is 0 Å². The Morgan fingerprint density at radius 2 is 1.47 bits per heavy atom. The van der Waals surface area contributed by atoms with E-state index in [4.69, 9.17) is 0 Å². The average Bonchev–Trinajstić information content (AvgIpc) is 2.34. The maximum Gasteiger partial charge on any atom is 0.0695 e. The average molecular weight is 267 g/mol. The van der Waals surface area contributed by atoms with E-state index in [0.717, 1.165) is 6.42 Å². The molecule has 2 saturated carbocycles. The van der Waals surface area contributed by atoms with Crippen molar-refractivity contribution in [1.29, 1.82) is 0 Å². The Bertz CT molecular complexity index is 266. The van der Waals surface area contributed by atoms with Crippen molar-refractivity contribution in [2.24, 2.45) is 5.41 Å². The van der Waals surface area contributed by atoms with Gasteiger partial charge in [0.2, 0.25) is 0 Å². The fourth-order valence-corrected chi connectivity index (χ4v) is 3.98. The van der Waals surface area contributed by atoms with Crippen LogP contribution in [0.5, 0.6) is 0 Å². The first-order valence-electron chi connectivity index (χ1n) is 8.40. The summed E-state index contributed by atoms with van der Waals surface area (Å²) in [4.78, 5) is 2.53. The molecule has 2 unspecified atom stereocenters. The molecule has 2 fully saturated rings. The lowest BCUT2D eigenvalue weighted by atomic mass is 9.75. The summed E-state index contributed by atoms with van der Waals surface area (Å²) in [5.41, 5.74) is 0.539. The molecule has 2 nitrogen and oxygen atoms in total. The van der Waals surface area contributed by atoms with E-state index in [-0.39, 0.29) is 6.10 Å². The molecule has 0 aromatic rings. The first kappa shape index (κ1) is 15.3. The number of rotatable bonds is 2. The van der Waals surface area contributed by atoms with Gasteiger partial charge in [0.1, 0.15) is 0 Å². The van der Waals surface area contributed by atoms with Crippen LogP contribution in [-0.4, -0.2) is 35.2 Å². The fourth-order valence-electron chi connectivity index (χ4n) is 3.98. The van der Waals surface area contributed by atoms with Gasteiger partial charge in [0, 0.05) is 12.1 Å². The number of aliphatic hydroxyl groups is 1. The lowest BCUT2D eigenvalue weighted by molar-refractivity contribution is 0.00591. The smallest absolute Gasteiger partial charge is 0.0695 e. The van der Waals surface area contributed by atoms with Gasteiger partial charge in [-0.1, -0.05) is 39.5 Å². The van der Waals surface area contributed by atoms with Crippen LogP contribution in [-0.2, 0) is 0 Å². The van der Waals surface area contributed by atoms with Crippen molar-refractivity contribution in [1.82, 2.24) is 4.90 Å². The largest absolute Gasteiger partial charge is 0.391 e. The van der Waals surface area contributed by atoms with Gasteiger partial charge in [-0.15, -0.1) is 0 Å². The van der Waals surface area contributed by atoms with Crippen LogP contribution >= 0.6 is 0 Å². The molecule has 0 heterocycles. The predicted molar refractivity (Wildman–Crippen MR) is 81.3 cm³/mol. The van der Waals surface area contributed by atoms with E-state index in [1.54, 1.807) is 0 Å². The molecule has 0 amide bonds. The minimum atomic E-state index is -0.0970. The molecule has 112 valence electrons. The predicted octanol–water partition coefficient (Wildman–Crippen LogP) is 3.97. The van der Waals surface area contributed by atoms with E-state index >= 15 is 0 Å². The third-order valence-corrected chi connectivity index (χ3v) is 5.60. The summed E-state index contributed by atoms with van der Waals surface area (Å²) >= 11 is 0. The SMILES string of the molecule is CN(C1CCC(C)(C)CC1)C1CCCCCCC1O. The highest BCUT2D eigenvalue weighted by Crippen LogP contribution is 2.37. The first-order chi connectivity index (χ1) is 8.99. The lowest BCUT2D eigenvalue weighted by Crippen LogP contribution is -2.48. The molecule has 0 radical (unpaired) electrons. The van der Waals surface area contributed by atoms with Gasteiger partial charge in [-0.25, -0.2) is 0 Å². The van der Waals surface area contributed by atoms with Crippen molar-refractivity contribution in [2.75, 3.05) is 7.05 Å². The highest BCUT2D eigenvalue weighted by molar-refractivity contribution is 4.88. The van der Waals surface area contributed by atoms with Gasteiger partial charge in [-0.2, -0.15) is 0 Å². The third kappa shape index (κ3) is 4.19. The molecule has 0 aliphatic heterocycles. The zero-order valence-electron chi connectivity index (χ0n) is 13.2. The second kappa shape index (κ2) is 6.58. The van der Waals surface area contributed by atoms with E-state index in [9.17, 15) is 5.11 Å². The van der Waals surface area contributed by atoms with E-state index in [0.29, 0.717) is 17.5 Å². The fraction of sp³-hybridized carbons (Fsp3) is 1.00. The monoisotopic (exact) mass is 267 g/mol. The summed E-state index contributed by atoms with van der Waals surface area (Å²) in [6, 6.07) is 1.11. The molecule has 19 heavy (non-hydrogen) atoms. The standard InChI is InChI=1S/C17H33NO/c1-17(2)12-10-14(11-13-17)18(3)15-8-6-4-5-7-9-16(15)19/h14-16,19H,4-13H2,1-3H3. The van der Waals surface area contributed by atoms with E-state index in [1.165, 1.54) is 57.8 Å². The maximum atomic E-state index is 10.4. The van der Waals surface area contributed by atoms with Crippen LogP contribution in [0.4, 0.5) is 0 Å². The molecule has 2 heteroatoms. The lowest BCUT2D eigenvalue weighted by Gasteiger charge is -2.43. The Kier molecular flexibility index (Phi) is 5.30. The summed E-state index contributed by atoms with van der Waals surface area (Å²) in [5.74, 6) is 0. The van der Waals surface area contributed by atoms with Gasteiger partial charge >= 0.3 is 0 Å². The molecule has 2 rings (SSSR count). The Balaban J connectivity index is 1.91. The van der Waals surface area contributed by atoms with Crippen molar-refractivity contribution >= 4 is 0 Å². The molecule has 0 aromatic heterocycles. The normalized spacial score (nSPS) is 33.9. The summed E-state index contributed by atoms with van der Waals surface area (Å²) in [6.45, 7) is 4.79. The molecule has 0 spiro atoms. The molecule has 2 aliphatic rings. The van der Waals surface area contributed by atoms with E-state index in [1.807, 2.05) is 0 Å². The quantitative estimate of drug-likeness (QED) is 0.818. The van der Waals surface area contributed by atoms with Crippen LogP contribution in [0.3, 0.4) is 0 Å². The van der Waals surface area contributed by atoms with Crippen LogP contribution in [0.1, 0.15) is 78.1 Å². The maximum absolute atomic E-state index is 10.4. The summed E-state index contributed by atoms with van der Waals surface area (Å²) in [5, 5.41) is 10.4. The number of hydrogen-bond acceptors (Lipinski definition) is 2. The Morgan fingerprint density at radius 3 is 2.11 bits per heavy atom. The molecule has 0 bridgehead atoms. The van der Waals surface area contributed by atoms with Crippen molar-refractivity contribution in [3.05, 3.63) is 0 Å². The molecule has 0 saturated heterocycles. The van der Waals surface area contributed by atoms with Gasteiger partial charge < -0.3 is 5.11 Å². The molecular weight excluding hydrogens is 234 g/mol. The Hall–Kier alpha value is -0.0800. The molecule has 2 atom stereocenters. The zero-order chi connectivity index (χ0) is 13.9. The van der Waals surface area contributed by atoms with Gasteiger partial charge in [-0.05, 0) is 51.0 Å². The van der Waals surface area contributed by atoms with Gasteiger partial charge in [0.25, 0.3) is 0 Å². The summed E-state index contributed by atoms with van der Waals surface area (Å²) in [6.07, 6.45) is 12.6. The molecule has 0 aromatic carbocycles. The topological polar surface area (TPSA) is 23.5 Å². The minimum absolute atomic E-state index is 0.0970. The number of hydrogen-bond donors (Lipinski definition) is 1. The van der Waals surface area contributed by atoms with Crippen LogP contribution in [0.2, 0.25) is 0 Å². The molecular formula is C17H33NO. The van der Waals surface area contributed by atoms with E-state index in [2.05, 4.69) is 25.8 Å². The van der Waals surface area contributed by atoms with Crippen LogP contribution in [0.25, 0.3) is 0 Å². The molecule has 1 N–H and O–H groups in total. The van der Waals surface area contributed by atoms with Crippen molar-refractivity contribution in [3.63, 3.8) is 0 Å². The second-order valence-electron chi connectivity index (χ2n) is 7.69. The minimum Gasteiger partial charge on any atom is -0.391 e. The van der Waals surface area contributed by atoms with E-state index < -0.39 is 0 Å². The van der Waals surface area contributed by atoms with Gasteiger partial charge in [-0.3, -0.25) is 4.90 Å². The first-order valence-corrected chi connectivity index (χ1v) is 8.40. The molecule has 2 aliphatic carbocycles. The highest BCUT2D eigenvalue weighted by atomic mass is 16.3. The van der Waals surface area contributed by atoms with Gasteiger partial charge in [0.15, 0.2) is 0 Å². The van der Waals surface area contributed by atoms with Crippen molar-refractivity contribution in [3.8, 4) is 0 Å². The number of nitrogens with zero attached hydrogens (tertiary/aromatic N) is 1. The number of aliphatic hydroxyl groups excluding tert-OH is 1. The van der Waals surface area contributed by atoms with Crippen molar-refractivity contribution in [2.45, 2.75) is 96.2 Å².